The molecule has 0 unspecified atom stereocenters. The molecule has 4 rings (SSSR count). The molecule has 0 saturated carbocycles. The number of hydrogen-bond donors (Lipinski definition) is 0. The fourth-order valence-electron chi connectivity index (χ4n) is 3.31. The van der Waals surface area contributed by atoms with Crippen molar-refractivity contribution in [2.45, 2.75) is 25.7 Å². The van der Waals surface area contributed by atoms with E-state index < -0.39 is 0 Å². The van der Waals surface area contributed by atoms with Crippen LogP contribution in [0.2, 0.25) is 0 Å². The average molecular weight is 320 g/mol. The summed E-state index contributed by atoms with van der Waals surface area (Å²) in [5.74, 6) is 0.0459. The van der Waals surface area contributed by atoms with Crippen molar-refractivity contribution in [3.8, 4) is 11.3 Å². The highest BCUT2D eigenvalue weighted by atomic mass is 16.2. The molecule has 3 aromatic rings. The van der Waals surface area contributed by atoms with Gasteiger partial charge in [-0.1, -0.05) is 43.2 Å². The smallest absolute Gasteiger partial charge is 0.259 e. The molecule has 0 N–H and O–H groups in total. The summed E-state index contributed by atoms with van der Waals surface area (Å²) in [7, 11) is 0. The standard InChI is InChI=1S/C19H20N4O/c24-19(22-12-6-1-2-7-13-22)16-14-21-23-17(10-11-20-18(16)23)15-8-4-3-5-9-15/h3-5,8-11,14H,1-2,6-7,12-13H2. The lowest BCUT2D eigenvalue weighted by atomic mass is 10.1. The molecule has 1 saturated heterocycles. The predicted molar refractivity (Wildman–Crippen MR) is 92.8 cm³/mol. The number of aromatic nitrogens is 3. The minimum Gasteiger partial charge on any atom is -0.338 e. The van der Waals surface area contributed by atoms with Gasteiger partial charge in [-0.15, -0.1) is 0 Å². The van der Waals surface area contributed by atoms with E-state index in [4.69, 9.17) is 0 Å². The van der Waals surface area contributed by atoms with Crippen molar-refractivity contribution in [1.29, 1.82) is 0 Å². The molecule has 0 aliphatic carbocycles. The Kier molecular flexibility index (Phi) is 3.99. The highest BCUT2D eigenvalue weighted by molar-refractivity contribution is 5.99. The molecule has 0 radical (unpaired) electrons. The fourth-order valence-corrected chi connectivity index (χ4v) is 3.31. The summed E-state index contributed by atoms with van der Waals surface area (Å²) in [6.07, 6.45) is 7.96. The van der Waals surface area contributed by atoms with E-state index in [0.717, 1.165) is 37.2 Å². The molecule has 5 heteroatoms. The van der Waals surface area contributed by atoms with Gasteiger partial charge in [0, 0.05) is 24.8 Å². The third-order valence-corrected chi connectivity index (χ3v) is 4.59. The summed E-state index contributed by atoms with van der Waals surface area (Å²) in [6, 6.07) is 12.0. The minimum atomic E-state index is 0.0459. The van der Waals surface area contributed by atoms with Gasteiger partial charge in [-0.05, 0) is 18.9 Å². The van der Waals surface area contributed by atoms with Crippen LogP contribution >= 0.6 is 0 Å². The summed E-state index contributed by atoms with van der Waals surface area (Å²) in [4.78, 5) is 19.3. The van der Waals surface area contributed by atoms with E-state index in [9.17, 15) is 4.79 Å². The van der Waals surface area contributed by atoms with E-state index in [0.29, 0.717) is 11.2 Å². The summed E-state index contributed by atoms with van der Waals surface area (Å²) in [5.41, 5.74) is 3.22. The number of hydrogen-bond acceptors (Lipinski definition) is 3. The van der Waals surface area contributed by atoms with Gasteiger partial charge >= 0.3 is 0 Å². The van der Waals surface area contributed by atoms with Crippen LogP contribution in [-0.4, -0.2) is 38.5 Å². The van der Waals surface area contributed by atoms with Crippen LogP contribution < -0.4 is 0 Å². The van der Waals surface area contributed by atoms with Crippen molar-refractivity contribution in [2.24, 2.45) is 0 Å². The lowest BCUT2D eigenvalue weighted by Gasteiger charge is -2.19. The first kappa shape index (κ1) is 14.9. The summed E-state index contributed by atoms with van der Waals surface area (Å²) in [6.45, 7) is 1.66. The second-order valence-electron chi connectivity index (χ2n) is 6.20. The Balaban J connectivity index is 1.74. The number of carbonyl (C=O) groups excluding carboxylic acids is 1. The Morgan fingerprint density at radius 3 is 2.46 bits per heavy atom. The minimum absolute atomic E-state index is 0.0459. The Bertz CT molecular complexity index is 848. The third-order valence-electron chi connectivity index (χ3n) is 4.59. The Morgan fingerprint density at radius 2 is 1.71 bits per heavy atom. The maximum atomic E-state index is 12.9. The number of amides is 1. The Hall–Kier alpha value is -2.69. The zero-order valence-corrected chi connectivity index (χ0v) is 13.6. The maximum Gasteiger partial charge on any atom is 0.259 e. The van der Waals surface area contributed by atoms with Crippen molar-refractivity contribution < 1.29 is 4.79 Å². The number of fused-ring (bicyclic) bond motifs is 1. The first-order valence-corrected chi connectivity index (χ1v) is 8.52. The quantitative estimate of drug-likeness (QED) is 0.727. The SMILES string of the molecule is O=C(c1cnn2c(-c3ccccc3)ccnc12)N1CCCCCC1. The van der Waals surface area contributed by atoms with E-state index in [2.05, 4.69) is 10.1 Å². The van der Waals surface area contributed by atoms with Crippen molar-refractivity contribution in [1.82, 2.24) is 19.5 Å². The highest BCUT2D eigenvalue weighted by Crippen LogP contribution is 2.22. The van der Waals surface area contributed by atoms with Gasteiger partial charge in [-0.25, -0.2) is 9.50 Å². The number of rotatable bonds is 2. The molecule has 0 spiro atoms. The van der Waals surface area contributed by atoms with Crippen LogP contribution in [0, 0.1) is 0 Å². The molecule has 3 heterocycles. The van der Waals surface area contributed by atoms with Gasteiger partial charge in [0.15, 0.2) is 5.65 Å². The second kappa shape index (κ2) is 6.43. The number of likely N-dealkylation sites (tertiary alicyclic amines) is 1. The Morgan fingerprint density at radius 1 is 0.958 bits per heavy atom. The van der Waals surface area contributed by atoms with Crippen LogP contribution in [0.15, 0.2) is 48.8 Å². The number of nitrogens with zero attached hydrogens (tertiary/aromatic N) is 4. The lowest BCUT2D eigenvalue weighted by molar-refractivity contribution is 0.0763. The van der Waals surface area contributed by atoms with Crippen LogP contribution in [-0.2, 0) is 0 Å². The predicted octanol–water partition coefficient (Wildman–Crippen LogP) is 3.41. The summed E-state index contributed by atoms with van der Waals surface area (Å²) in [5, 5.41) is 4.44. The number of benzene rings is 1. The lowest BCUT2D eigenvalue weighted by Crippen LogP contribution is -2.31. The van der Waals surface area contributed by atoms with Gasteiger partial charge in [0.05, 0.1) is 11.9 Å². The van der Waals surface area contributed by atoms with Crippen LogP contribution in [0.4, 0.5) is 0 Å². The molecule has 24 heavy (non-hydrogen) atoms. The van der Waals surface area contributed by atoms with Gasteiger partial charge in [0.1, 0.15) is 5.56 Å². The fraction of sp³-hybridized carbons (Fsp3) is 0.316. The molecular formula is C19H20N4O. The van der Waals surface area contributed by atoms with Crippen molar-refractivity contribution in [3.05, 3.63) is 54.4 Å². The van der Waals surface area contributed by atoms with Crippen molar-refractivity contribution >= 4 is 11.6 Å². The van der Waals surface area contributed by atoms with E-state index in [1.165, 1.54) is 12.8 Å². The van der Waals surface area contributed by atoms with Gasteiger partial charge in [0.25, 0.3) is 5.91 Å². The molecule has 2 aromatic heterocycles. The van der Waals surface area contributed by atoms with E-state index in [1.807, 2.05) is 41.3 Å². The molecule has 1 fully saturated rings. The summed E-state index contributed by atoms with van der Waals surface area (Å²) < 4.78 is 1.76. The molecule has 1 aliphatic rings. The highest BCUT2D eigenvalue weighted by Gasteiger charge is 2.22. The van der Waals surface area contributed by atoms with Gasteiger partial charge in [-0.2, -0.15) is 5.10 Å². The first-order valence-electron chi connectivity index (χ1n) is 8.52. The molecular weight excluding hydrogens is 300 g/mol. The van der Waals surface area contributed by atoms with E-state index >= 15 is 0 Å². The topological polar surface area (TPSA) is 50.5 Å². The van der Waals surface area contributed by atoms with Crippen LogP contribution in [0.1, 0.15) is 36.0 Å². The molecule has 1 amide bonds. The largest absolute Gasteiger partial charge is 0.338 e. The monoisotopic (exact) mass is 320 g/mol. The number of carbonyl (C=O) groups is 1. The third kappa shape index (κ3) is 2.66. The first-order chi connectivity index (χ1) is 11.8. The van der Waals surface area contributed by atoms with Crippen molar-refractivity contribution in [3.63, 3.8) is 0 Å². The van der Waals surface area contributed by atoms with Crippen LogP contribution in [0.25, 0.3) is 16.9 Å². The molecule has 0 atom stereocenters. The van der Waals surface area contributed by atoms with E-state index in [-0.39, 0.29) is 5.91 Å². The second-order valence-corrected chi connectivity index (χ2v) is 6.20. The molecule has 1 aliphatic heterocycles. The average Bonchev–Trinajstić information content (AvgIpc) is 2.88. The Labute approximate surface area is 140 Å². The maximum absolute atomic E-state index is 12.9. The van der Waals surface area contributed by atoms with Gasteiger partial charge < -0.3 is 4.90 Å². The molecule has 1 aromatic carbocycles. The van der Waals surface area contributed by atoms with Crippen LogP contribution in [0.3, 0.4) is 0 Å². The van der Waals surface area contributed by atoms with Crippen molar-refractivity contribution in [2.75, 3.05) is 13.1 Å². The molecule has 0 bridgehead atoms. The zero-order valence-electron chi connectivity index (χ0n) is 13.6. The molecule has 122 valence electrons. The van der Waals surface area contributed by atoms with E-state index in [1.54, 1.807) is 16.9 Å². The van der Waals surface area contributed by atoms with Crippen LogP contribution in [0.5, 0.6) is 0 Å². The molecule has 5 nitrogen and oxygen atoms in total. The van der Waals surface area contributed by atoms with Gasteiger partial charge in [-0.3, -0.25) is 4.79 Å². The zero-order chi connectivity index (χ0) is 16.4. The van der Waals surface area contributed by atoms with Gasteiger partial charge in [0.2, 0.25) is 0 Å². The summed E-state index contributed by atoms with van der Waals surface area (Å²) >= 11 is 0. The normalized spacial score (nSPS) is 15.4.